The standard InChI is InChI=1S/C11H19NO/c1-8(2)5-12-6-9-3-4-11(13)10(9)7-12/h9-11,13H,1,3-7H2,2H3. The molecule has 13 heavy (non-hydrogen) atoms. The van der Waals surface area contributed by atoms with E-state index in [0.29, 0.717) is 5.92 Å². The second kappa shape index (κ2) is 3.43. The normalized spacial score (nSPS) is 39.4. The number of nitrogens with zero attached hydrogens (tertiary/aromatic N) is 1. The second-order valence-electron chi connectivity index (χ2n) is 4.72. The zero-order chi connectivity index (χ0) is 9.42. The van der Waals surface area contributed by atoms with E-state index in [-0.39, 0.29) is 6.10 Å². The van der Waals surface area contributed by atoms with Gasteiger partial charge in [0, 0.05) is 25.6 Å². The van der Waals surface area contributed by atoms with Crippen LogP contribution in [0.4, 0.5) is 0 Å². The summed E-state index contributed by atoms with van der Waals surface area (Å²) in [6.07, 6.45) is 2.22. The molecule has 3 atom stereocenters. The maximum atomic E-state index is 9.70. The number of fused-ring (bicyclic) bond motifs is 1. The summed E-state index contributed by atoms with van der Waals surface area (Å²) in [5.74, 6) is 1.31. The number of rotatable bonds is 2. The van der Waals surface area contributed by atoms with Crippen LogP contribution in [0.25, 0.3) is 0 Å². The average molecular weight is 181 g/mol. The predicted octanol–water partition coefficient (Wildman–Crippen LogP) is 1.27. The van der Waals surface area contributed by atoms with E-state index in [1.165, 1.54) is 18.5 Å². The van der Waals surface area contributed by atoms with Crippen molar-refractivity contribution in [2.75, 3.05) is 19.6 Å². The third-order valence-electron chi connectivity index (χ3n) is 3.39. The number of likely N-dealkylation sites (tertiary alicyclic amines) is 1. The van der Waals surface area contributed by atoms with E-state index in [1.807, 2.05) is 0 Å². The summed E-state index contributed by atoms with van der Waals surface area (Å²) in [6.45, 7) is 9.27. The highest BCUT2D eigenvalue weighted by atomic mass is 16.3. The summed E-state index contributed by atoms with van der Waals surface area (Å²) < 4.78 is 0. The molecular formula is C11H19NO. The first-order valence-corrected chi connectivity index (χ1v) is 5.21. The van der Waals surface area contributed by atoms with Crippen molar-refractivity contribution in [3.8, 4) is 0 Å². The Labute approximate surface area is 80.2 Å². The van der Waals surface area contributed by atoms with E-state index in [1.54, 1.807) is 0 Å². The Morgan fingerprint density at radius 1 is 1.46 bits per heavy atom. The number of aliphatic hydroxyl groups excluding tert-OH is 1. The molecule has 0 spiro atoms. The van der Waals surface area contributed by atoms with Crippen LogP contribution in [0, 0.1) is 11.8 Å². The Kier molecular flexibility index (Phi) is 2.43. The van der Waals surface area contributed by atoms with Crippen molar-refractivity contribution in [3.05, 3.63) is 12.2 Å². The third-order valence-corrected chi connectivity index (χ3v) is 3.39. The fourth-order valence-corrected chi connectivity index (χ4v) is 2.84. The molecule has 1 saturated carbocycles. The Morgan fingerprint density at radius 3 is 2.85 bits per heavy atom. The van der Waals surface area contributed by atoms with E-state index in [9.17, 15) is 5.11 Å². The summed E-state index contributed by atoms with van der Waals surface area (Å²) in [7, 11) is 0. The van der Waals surface area contributed by atoms with E-state index < -0.39 is 0 Å². The van der Waals surface area contributed by atoms with Gasteiger partial charge in [-0.25, -0.2) is 0 Å². The third kappa shape index (κ3) is 1.79. The first kappa shape index (κ1) is 9.22. The molecule has 3 unspecified atom stereocenters. The van der Waals surface area contributed by atoms with Crippen LogP contribution in [-0.2, 0) is 0 Å². The first-order valence-electron chi connectivity index (χ1n) is 5.21. The fourth-order valence-electron chi connectivity index (χ4n) is 2.84. The summed E-state index contributed by atoms with van der Waals surface area (Å²) in [4.78, 5) is 2.43. The molecule has 1 aliphatic carbocycles. The van der Waals surface area contributed by atoms with E-state index in [2.05, 4.69) is 18.4 Å². The van der Waals surface area contributed by atoms with Gasteiger partial charge in [0.15, 0.2) is 0 Å². The average Bonchev–Trinajstić information content (AvgIpc) is 2.53. The molecule has 1 saturated heterocycles. The van der Waals surface area contributed by atoms with E-state index in [4.69, 9.17) is 0 Å². The number of hydrogen-bond acceptors (Lipinski definition) is 2. The first-order chi connectivity index (χ1) is 6.16. The van der Waals surface area contributed by atoms with Gasteiger partial charge in [-0.3, -0.25) is 4.90 Å². The Bertz CT molecular complexity index is 214. The summed E-state index contributed by atoms with van der Waals surface area (Å²) in [6, 6.07) is 0. The monoisotopic (exact) mass is 181 g/mol. The van der Waals surface area contributed by atoms with Crippen LogP contribution in [0.5, 0.6) is 0 Å². The minimum Gasteiger partial charge on any atom is -0.393 e. The Hall–Kier alpha value is -0.340. The molecular weight excluding hydrogens is 162 g/mol. The summed E-state index contributed by atoms with van der Waals surface area (Å²) in [5, 5.41) is 9.70. The molecule has 0 aromatic carbocycles. The maximum Gasteiger partial charge on any atom is 0.0583 e. The van der Waals surface area contributed by atoms with Crippen molar-refractivity contribution in [2.24, 2.45) is 11.8 Å². The molecule has 0 aromatic heterocycles. The molecule has 1 heterocycles. The van der Waals surface area contributed by atoms with Gasteiger partial charge in [0.2, 0.25) is 0 Å². The highest BCUT2D eigenvalue weighted by molar-refractivity contribution is 4.99. The minimum atomic E-state index is -0.0277. The summed E-state index contributed by atoms with van der Waals surface area (Å²) in [5.41, 5.74) is 1.23. The summed E-state index contributed by atoms with van der Waals surface area (Å²) >= 11 is 0. The molecule has 0 amide bonds. The molecule has 1 N–H and O–H groups in total. The lowest BCUT2D eigenvalue weighted by molar-refractivity contribution is 0.125. The molecule has 2 nitrogen and oxygen atoms in total. The lowest BCUT2D eigenvalue weighted by Crippen LogP contribution is -2.26. The van der Waals surface area contributed by atoms with Gasteiger partial charge in [0.1, 0.15) is 0 Å². The van der Waals surface area contributed by atoms with Crippen LogP contribution in [0.2, 0.25) is 0 Å². The molecule has 2 fully saturated rings. The molecule has 74 valence electrons. The van der Waals surface area contributed by atoms with Gasteiger partial charge in [-0.2, -0.15) is 0 Å². The van der Waals surface area contributed by atoms with Gasteiger partial charge >= 0.3 is 0 Å². The van der Waals surface area contributed by atoms with Gasteiger partial charge < -0.3 is 5.11 Å². The van der Waals surface area contributed by atoms with Crippen LogP contribution < -0.4 is 0 Å². The lowest BCUT2D eigenvalue weighted by atomic mass is 10.00. The van der Waals surface area contributed by atoms with Gasteiger partial charge in [0.25, 0.3) is 0 Å². The van der Waals surface area contributed by atoms with Gasteiger partial charge in [-0.15, -0.1) is 0 Å². The van der Waals surface area contributed by atoms with Gasteiger partial charge in [0.05, 0.1) is 6.10 Å². The van der Waals surface area contributed by atoms with Crippen molar-refractivity contribution in [1.29, 1.82) is 0 Å². The lowest BCUT2D eigenvalue weighted by Gasteiger charge is -2.17. The van der Waals surface area contributed by atoms with Crippen molar-refractivity contribution < 1.29 is 5.11 Å². The van der Waals surface area contributed by atoms with Crippen LogP contribution in [0.3, 0.4) is 0 Å². The van der Waals surface area contributed by atoms with Gasteiger partial charge in [-0.1, -0.05) is 12.2 Å². The van der Waals surface area contributed by atoms with Crippen molar-refractivity contribution in [1.82, 2.24) is 4.90 Å². The molecule has 1 aliphatic heterocycles. The Balaban J connectivity index is 1.91. The molecule has 2 aliphatic rings. The zero-order valence-corrected chi connectivity index (χ0v) is 8.37. The highest BCUT2D eigenvalue weighted by Crippen LogP contribution is 2.37. The second-order valence-corrected chi connectivity index (χ2v) is 4.72. The van der Waals surface area contributed by atoms with Crippen LogP contribution in [0.1, 0.15) is 19.8 Å². The topological polar surface area (TPSA) is 23.5 Å². The molecule has 0 aromatic rings. The molecule has 0 radical (unpaired) electrons. The van der Waals surface area contributed by atoms with Crippen molar-refractivity contribution >= 4 is 0 Å². The quantitative estimate of drug-likeness (QED) is 0.648. The SMILES string of the molecule is C=C(C)CN1CC2CCC(O)C2C1. The highest BCUT2D eigenvalue weighted by Gasteiger charge is 2.41. The largest absolute Gasteiger partial charge is 0.393 e. The number of hydrogen-bond donors (Lipinski definition) is 1. The molecule has 2 heteroatoms. The van der Waals surface area contributed by atoms with Crippen molar-refractivity contribution in [2.45, 2.75) is 25.9 Å². The van der Waals surface area contributed by atoms with E-state index in [0.717, 1.165) is 25.4 Å². The number of aliphatic hydroxyl groups is 1. The Morgan fingerprint density at radius 2 is 2.23 bits per heavy atom. The maximum absolute atomic E-state index is 9.70. The molecule has 2 rings (SSSR count). The predicted molar refractivity (Wildman–Crippen MR) is 53.5 cm³/mol. The van der Waals surface area contributed by atoms with Crippen LogP contribution in [0.15, 0.2) is 12.2 Å². The van der Waals surface area contributed by atoms with E-state index >= 15 is 0 Å². The molecule has 0 bridgehead atoms. The zero-order valence-electron chi connectivity index (χ0n) is 8.37. The van der Waals surface area contributed by atoms with Crippen LogP contribution in [-0.4, -0.2) is 35.7 Å². The van der Waals surface area contributed by atoms with Crippen molar-refractivity contribution in [3.63, 3.8) is 0 Å². The van der Waals surface area contributed by atoms with Gasteiger partial charge in [-0.05, 0) is 25.7 Å². The minimum absolute atomic E-state index is 0.0277. The van der Waals surface area contributed by atoms with Crippen LogP contribution >= 0.6 is 0 Å². The smallest absolute Gasteiger partial charge is 0.0583 e. The fraction of sp³-hybridized carbons (Fsp3) is 0.818.